The Morgan fingerprint density at radius 3 is 2.86 bits per heavy atom. The zero-order chi connectivity index (χ0) is 20.5. The van der Waals surface area contributed by atoms with Gasteiger partial charge in [-0.2, -0.15) is 0 Å². The monoisotopic (exact) mass is 416 g/mol. The van der Waals surface area contributed by atoms with Gasteiger partial charge < -0.3 is 20.1 Å². The molecule has 0 fully saturated rings. The average molecular weight is 417 g/mol. The maximum atomic E-state index is 10.2. The molecule has 0 saturated carbocycles. The van der Waals surface area contributed by atoms with Gasteiger partial charge in [0, 0.05) is 18.5 Å². The minimum atomic E-state index is -0.632. The van der Waals surface area contributed by atoms with E-state index >= 15 is 0 Å². The fourth-order valence-corrected chi connectivity index (χ4v) is 4.56. The van der Waals surface area contributed by atoms with Crippen LogP contribution in [0.1, 0.15) is 40.9 Å². The summed E-state index contributed by atoms with van der Waals surface area (Å²) in [6.45, 7) is 4.61. The number of benzene rings is 1. The molecular weight excluding hydrogens is 384 g/mol. The summed E-state index contributed by atoms with van der Waals surface area (Å²) >= 11 is 1.83. The van der Waals surface area contributed by atoms with Gasteiger partial charge in [0.15, 0.2) is 5.96 Å². The van der Waals surface area contributed by atoms with Crippen molar-refractivity contribution in [2.75, 3.05) is 26.7 Å². The first-order valence-corrected chi connectivity index (χ1v) is 11.2. The third-order valence-corrected chi connectivity index (χ3v) is 5.97. The van der Waals surface area contributed by atoms with Crippen molar-refractivity contribution < 1.29 is 9.84 Å². The molecule has 7 heteroatoms. The lowest BCUT2D eigenvalue weighted by Gasteiger charge is -2.21. The number of hydrogen-bond acceptors (Lipinski definition) is 5. The normalized spacial score (nSPS) is 15.1. The predicted molar refractivity (Wildman–Crippen MR) is 118 cm³/mol. The van der Waals surface area contributed by atoms with E-state index in [4.69, 9.17) is 9.72 Å². The van der Waals surface area contributed by atoms with E-state index in [9.17, 15) is 5.11 Å². The molecule has 6 nitrogen and oxygen atoms in total. The highest BCUT2D eigenvalue weighted by molar-refractivity contribution is 7.11. The number of aryl methyl sites for hydroxylation is 2. The van der Waals surface area contributed by atoms with Crippen LogP contribution in [-0.2, 0) is 30.7 Å². The van der Waals surface area contributed by atoms with Crippen LogP contribution in [0, 0.1) is 0 Å². The topological polar surface area (TPSA) is 70.0 Å². The Morgan fingerprint density at radius 2 is 2.10 bits per heavy atom. The van der Waals surface area contributed by atoms with Gasteiger partial charge in [-0.3, -0.25) is 4.99 Å². The molecule has 1 unspecified atom stereocenters. The number of aromatic nitrogens is 1. The Morgan fingerprint density at radius 1 is 1.31 bits per heavy atom. The van der Waals surface area contributed by atoms with Crippen LogP contribution >= 0.6 is 11.3 Å². The molecule has 3 rings (SSSR count). The zero-order valence-electron chi connectivity index (χ0n) is 17.4. The average Bonchev–Trinajstić information content (AvgIpc) is 3.14. The van der Waals surface area contributed by atoms with Crippen molar-refractivity contribution in [3.05, 3.63) is 51.5 Å². The van der Waals surface area contributed by atoms with Gasteiger partial charge in [0.1, 0.15) is 5.01 Å². The second-order valence-electron chi connectivity index (χ2n) is 7.39. The molecule has 0 saturated heterocycles. The number of ether oxygens (including phenoxy) is 1. The number of guanidine groups is 1. The number of fused-ring (bicyclic) bond motifs is 1. The summed E-state index contributed by atoms with van der Waals surface area (Å²) < 4.78 is 5.61. The molecule has 29 heavy (non-hydrogen) atoms. The largest absolute Gasteiger partial charge is 0.389 e. The molecule has 1 aromatic carbocycles. The molecule has 0 aliphatic heterocycles. The van der Waals surface area contributed by atoms with Gasteiger partial charge in [-0.05, 0) is 38.2 Å². The Bertz CT molecular complexity index is 755. The fourth-order valence-electron chi connectivity index (χ4n) is 3.35. The molecule has 0 bridgehead atoms. The first-order valence-electron chi connectivity index (χ1n) is 10.4. The van der Waals surface area contributed by atoms with Crippen LogP contribution in [0.4, 0.5) is 0 Å². The van der Waals surface area contributed by atoms with Crippen LogP contribution in [0.15, 0.2) is 35.3 Å². The smallest absolute Gasteiger partial charge is 0.194 e. The number of nitrogens with zero attached hydrogens (tertiary/aromatic N) is 3. The molecule has 0 radical (unpaired) electrons. The molecule has 1 aromatic heterocycles. The molecule has 1 heterocycles. The molecule has 1 aliphatic rings. The van der Waals surface area contributed by atoms with Gasteiger partial charge in [0.2, 0.25) is 0 Å². The maximum Gasteiger partial charge on any atom is 0.194 e. The van der Waals surface area contributed by atoms with Gasteiger partial charge in [0.25, 0.3) is 0 Å². The molecule has 1 aliphatic carbocycles. The van der Waals surface area contributed by atoms with Crippen molar-refractivity contribution in [3.8, 4) is 0 Å². The Kier molecular flexibility index (Phi) is 8.46. The van der Waals surface area contributed by atoms with Crippen LogP contribution in [0.3, 0.4) is 0 Å². The van der Waals surface area contributed by atoms with Crippen molar-refractivity contribution in [3.63, 3.8) is 0 Å². The summed E-state index contributed by atoms with van der Waals surface area (Å²) in [5, 5.41) is 14.7. The highest BCUT2D eigenvalue weighted by Crippen LogP contribution is 2.27. The number of rotatable bonds is 9. The van der Waals surface area contributed by atoms with E-state index < -0.39 is 6.10 Å². The minimum Gasteiger partial charge on any atom is -0.389 e. The summed E-state index contributed by atoms with van der Waals surface area (Å²) in [5.41, 5.74) is 2.39. The second kappa shape index (κ2) is 11.3. The van der Waals surface area contributed by atoms with Gasteiger partial charge >= 0.3 is 0 Å². The van der Waals surface area contributed by atoms with E-state index in [0.29, 0.717) is 13.2 Å². The SMILES string of the molecule is CCNC(=NCC(O)COCc1ccccc1)N(C)Cc1nc2c(s1)CCCC2. The van der Waals surface area contributed by atoms with E-state index in [1.165, 1.54) is 29.8 Å². The van der Waals surface area contributed by atoms with Gasteiger partial charge in [-0.15, -0.1) is 11.3 Å². The van der Waals surface area contributed by atoms with Gasteiger partial charge in [-0.1, -0.05) is 30.3 Å². The molecule has 2 N–H and O–H groups in total. The van der Waals surface area contributed by atoms with Crippen LogP contribution in [0.2, 0.25) is 0 Å². The maximum absolute atomic E-state index is 10.2. The first-order chi connectivity index (χ1) is 14.2. The van der Waals surface area contributed by atoms with Crippen molar-refractivity contribution in [2.45, 2.75) is 51.9 Å². The summed E-state index contributed by atoms with van der Waals surface area (Å²) in [7, 11) is 2.01. The Hall–Kier alpha value is -1.96. The van der Waals surface area contributed by atoms with E-state index in [-0.39, 0.29) is 6.61 Å². The lowest BCUT2D eigenvalue weighted by Crippen LogP contribution is -2.39. The Labute approximate surface area is 177 Å². The number of aliphatic imine (C=N–C) groups is 1. The van der Waals surface area contributed by atoms with E-state index in [1.807, 2.05) is 55.6 Å². The summed E-state index contributed by atoms with van der Waals surface area (Å²) in [6.07, 6.45) is 4.17. The lowest BCUT2D eigenvalue weighted by molar-refractivity contribution is 0.0330. The van der Waals surface area contributed by atoms with Crippen LogP contribution in [-0.4, -0.2) is 53.8 Å². The predicted octanol–water partition coefficient (Wildman–Crippen LogP) is 3.00. The highest BCUT2D eigenvalue weighted by atomic mass is 32.1. The fraction of sp³-hybridized carbons (Fsp3) is 0.545. The summed E-state index contributed by atoms with van der Waals surface area (Å²) in [6, 6.07) is 9.97. The third kappa shape index (κ3) is 6.80. The van der Waals surface area contributed by atoms with E-state index in [1.54, 1.807) is 0 Å². The van der Waals surface area contributed by atoms with Crippen LogP contribution in [0.5, 0.6) is 0 Å². The lowest BCUT2D eigenvalue weighted by atomic mass is 10.0. The van der Waals surface area contributed by atoms with Crippen molar-refractivity contribution in [1.29, 1.82) is 0 Å². The number of hydrogen-bond donors (Lipinski definition) is 2. The highest BCUT2D eigenvalue weighted by Gasteiger charge is 2.17. The number of nitrogens with one attached hydrogen (secondary N) is 1. The second-order valence-corrected chi connectivity index (χ2v) is 8.56. The molecule has 2 aromatic rings. The van der Waals surface area contributed by atoms with Crippen molar-refractivity contribution in [2.24, 2.45) is 4.99 Å². The standard InChI is InChI=1S/C22H32N4O2S/c1-3-23-22(24-13-18(27)16-28-15-17-9-5-4-6-10-17)26(2)14-21-25-19-11-7-8-12-20(19)29-21/h4-6,9-10,18,27H,3,7-8,11-16H2,1-2H3,(H,23,24). The third-order valence-electron chi connectivity index (χ3n) is 4.83. The van der Waals surface area contributed by atoms with Crippen LogP contribution < -0.4 is 5.32 Å². The molecule has 0 spiro atoms. The Balaban J connectivity index is 1.49. The van der Waals surface area contributed by atoms with Gasteiger partial charge in [0.05, 0.1) is 38.1 Å². The molecule has 1 atom stereocenters. The summed E-state index contributed by atoms with van der Waals surface area (Å²) in [4.78, 5) is 12.9. The van der Waals surface area contributed by atoms with Gasteiger partial charge in [-0.25, -0.2) is 4.98 Å². The molecular formula is C22H32N4O2S. The quantitative estimate of drug-likeness (QED) is 0.486. The molecule has 158 valence electrons. The zero-order valence-corrected chi connectivity index (χ0v) is 18.2. The minimum absolute atomic E-state index is 0.265. The number of aliphatic hydroxyl groups is 1. The first kappa shape index (κ1) is 21.7. The van der Waals surface area contributed by atoms with Crippen molar-refractivity contribution in [1.82, 2.24) is 15.2 Å². The van der Waals surface area contributed by atoms with E-state index in [0.717, 1.165) is 36.0 Å². The number of aliphatic hydroxyl groups excluding tert-OH is 1. The number of thiazole rings is 1. The van der Waals surface area contributed by atoms with E-state index in [2.05, 4.69) is 15.2 Å². The van der Waals surface area contributed by atoms with Crippen molar-refractivity contribution >= 4 is 17.3 Å². The van der Waals surface area contributed by atoms with Crippen LogP contribution in [0.25, 0.3) is 0 Å². The molecule has 0 amide bonds. The summed E-state index contributed by atoms with van der Waals surface area (Å²) in [5.74, 6) is 0.780.